The van der Waals surface area contributed by atoms with Gasteiger partial charge in [-0.2, -0.15) is 0 Å². The number of hydrogen-bond acceptors (Lipinski definition) is 4. The molecule has 0 saturated heterocycles. The van der Waals surface area contributed by atoms with Crippen LogP contribution in [0.2, 0.25) is 0 Å². The van der Waals surface area contributed by atoms with Crippen molar-refractivity contribution in [2.24, 2.45) is 0 Å². The summed E-state index contributed by atoms with van der Waals surface area (Å²) in [5.74, 6) is 2.01. The van der Waals surface area contributed by atoms with E-state index in [0.717, 1.165) is 27.6 Å². The molecule has 1 aromatic heterocycles. The fourth-order valence-corrected chi connectivity index (χ4v) is 3.32. The van der Waals surface area contributed by atoms with E-state index < -0.39 is 0 Å². The van der Waals surface area contributed by atoms with E-state index in [1.54, 1.807) is 20.4 Å². The second-order valence-electron chi connectivity index (χ2n) is 6.33. The molecule has 0 bridgehead atoms. The Morgan fingerprint density at radius 1 is 0.786 bits per heavy atom. The van der Waals surface area contributed by atoms with Crippen LogP contribution in [0.3, 0.4) is 0 Å². The highest BCUT2D eigenvalue weighted by Gasteiger charge is 2.19. The second kappa shape index (κ2) is 8.01. The molecule has 3 aromatic carbocycles. The number of nitrogens with zero attached hydrogens (tertiary/aromatic N) is 1. The molecule has 4 rings (SSSR count). The molecule has 4 aromatic rings. The van der Waals surface area contributed by atoms with Crippen molar-refractivity contribution in [1.82, 2.24) is 4.98 Å². The van der Waals surface area contributed by atoms with Crippen LogP contribution >= 0.6 is 0 Å². The molecule has 0 N–H and O–H groups in total. The average Bonchev–Trinajstić information content (AvgIpc) is 2.77. The number of ether oxygens (including phenoxy) is 3. The van der Waals surface area contributed by atoms with Gasteiger partial charge in [-0.1, -0.05) is 60.7 Å². The predicted molar refractivity (Wildman–Crippen MR) is 111 cm³/mol. The zero-order valence-electron chi connectivity index (χ0n) is 15.9. The summed E-state index contributed by atoms with van der Waals surface area (Å²) >= 11 is 0. The van der Waals surface area contributed by atoms with Crippen molar-refractivity contribution in [3.8, 4) is 28.5 Å². The first-order chi connectivity index (χ1) is 13.8. The maximum absolute atomic E-state index is 6.23. The molecule has 140 valence electrons. The highest BCUT2D eigenvalue weighted by molar-refractivity contribution is 6.03. The highest BCUT2D eigenvalue weighted by atomic mass is 16.5. The first-order valence-electron chi connectivity index (χ1n) is 9.07. The van der Waals surface area contributed by atoms with Gasteiger partial charge in [0.15, 0.2) is 11.5 Å². The molecule has 4 heteroatoms. The van der Waals surface area contributed by atoms with E-state index in [-0.39, 0.29) is 0 Å². The Morgan fingerprint density at radius 3 is 2.18 bits per heavy atom. The normalized spacial score (nSPS) is 10.6. The molecule has 28 heavy (non-hydrogen) atoms. The molecule has 0 unspecified atom stereocenters. The number of aromatic nitrogens is 1. The number of methoxy groups -OCH3 is 2. The monoisotopic (exact) mass is 371 g/mol. The molecular weight excluding hydrogens is 350 g/mol. The summed E-state index contributed by atoms with van der Waals surface area (Å²) < 4.78 is 17.4. The minimum atomic E-state index is 0.453. The summed E-state index contributed by atoms with van der Waals surface area (Å²) in [6.07, 6.45) is 1.79. The summed E-state index contributed by atoms with van der Waals surface area (Å²) in [6.45, 7) is 0.453. The van der Waals surface area contributed by atoms with Gasteiger partial charge in [-0.3, -0.25) is 4.98 Å². The van der Waals surface area contributed by atoms with Gasteiger partial charge >= 0.3 is 0 Å². The van der Waals surface area contributed by atoms with E-state index in [1.165, 1.54) is 0 Å². The number of fused-ring (bicyclic) bond motifs is 1. The van der Waals surface area contributed by atoms with Gasteiger partial charge in [0.2, 0.25) is 0 Å². The maximum atomic E-state index is 6.23. The minimum Gasteiger partial charge on any atom is -0.493 e. The molecule has 0 aliphatic rings. The van der Waals surface area contributed by atoms with Crippen LogP contribution in [0.15, 0.2) is 79.0 Å². The number of pyridine rings is 1. The maximum Gasteiger partial charge on any atom is 0.168 e. The van der Waals surface area contributed by atoms with Gasteiger partial charge < -0.3 is 14.2 Å². The number of hydrogen-bond donors (Lipinski definition) is 0. The molecule has 4 nitrogen and oxygen atoms in total. The lowest BCUT2D eigenvalue weighted by Crippen LogP contribution is -2.00. The van der Waals surface area contributed by atoms with Crippen LogP contribution in [0, 0.1) is 0 Å². The van der Waals surface area contributed by atoms with Gasteiger partial charge in [0.25, 0.3) is 0 Å². The van der Waals surface area contributed by atoms with Gasteiger partial charge in [-0.25, -0.2) is 0 Å². The first-order valence-corrected chi connectivity index (χ1v) is 9.07. The summed E-state index contributed by atoms with van der Waals surface area (Å²) in [7, 11) is 3.27. The zero-order valence-corrected chi connectivity index (χ0v) is 15.9. The Morgan fingerprint density at radius 2 is 1.50 bits per heavy atom. The van der Waals surface area contributed by atoms with Crippen LogP contribution in [0.4, 0.5) is 0 Å². The van der Waals surface area contributed by atoms with Gasteiger partial charge in [0.1, 0.15) is 12.4 Å². The smallest absolute Gasteiger partial charge is 0.168 e. The topological polar surface area (TPSA) is 40.6 Å². The molecule has 0 fully saturated rings. The van der Waals surface area contributed by atoms with Crippen LogP contribution in [0.1, 0.15) is 5.56 Å². The molecule has 0 radical (unpaired) electrons. The van der Waals surface area contributed by atoms with E-state index in [1.807, 2.05) is 72.8 Å². The van der Waals surface area contributed by atoms with Gasteiger partial charge in [0.05, 0.1) is 25.3 Å². The second-order valence-corrected chi connectivity index (χ2v) is 6.33. The van der Waals surface area contributed by atoms with Crippen molar-refractivity contribution in [3.63, 3.8) is 0 Å². The SMILES string of the molecule is COc1cc(OCc2ccccc2)c2c(-c3ccccc3)nccc2c1OC. The van der Waals surface area contributed by atoms with Crippen LogP contribution in [-0.4, -0.2) is 19.2 Å². The van der Waals surface area contributed by atoms with Crippen molar-refractivity contribution >= 4 is 10.8 Å². The Kier molecular flexibility index (Phi) is 5.11. The van der Waals surface area contributed by atoms with E-state index in [2.05, 4.69) is 4.98 Å². The highest BCUT2D eigenvalue weighted by Crippen LogP contribution is 2.44. The number of rotatable bonds is 6. The molecule has 1 heterocycles. The van der Waals surface area contributed by atoms with Crippen molar-refractivity contribution < 1.29 is 14.2 Å². The van der Waals surface area contributed by atoms with Gasteiger partial charge in [-0.15, -0.1) is 0 Å². The zero-order chi connectivity index (χ0) is 19.3. The summed E-state index contributed by atoms with van der Waals surface area (Å²) in [5, 5.41) is 1.81. The Balaban J connectivity index is 1.91. The van der Waals surface area contributed by atoms with Crippen LogP contribution in [-0.2, 0) is 6.61 Å². The van der Waals surface area contributed by atoms with Crippen LogP contribution < -0.4 is 14.2 Å². The molecule has 0 atom stereocenters. The van der Waals surface area contributed by atoms with Crippen molar-refractivity contribution in [3.05, 3.63) is 84.6 Å². The molecule has 0 saturated carbocycles. The average molecular weight is 371 g/mol. The lowest BCUT2D eigenvalue weighted by Gasteiger charge is -2.17. The predicted octanol–water partition coefficient (Wildman–Crippen LogP) is 5.50. The van der Waals surface area contributed by atoms with E-state index in [4.69, 9.17) is 14.2 Å². The lowest BCUT2D eigenvalue weighted by molar-refractivity contribution is 0.305. The third-order valence-electron chi connectivity index (χ3n) is 4.64. The number of benzene rings is 3. The summed E-state index contributed by atoms with van der Waals surface area (Å²) in [5.41, 5.74) is 2.96. The van der Waals surface area contributed by atoms with Crippen molar-refractivity contribution in [1.29, 1.82) is 0 Å². The Labute approximate surface area is 164 Å². The first kappa shape index (κ1) is 17.9. The van der Waals surface area contributed by atoms with E-state index >= 15 is 0 Å². The minimum absolute atomic E-state index is 0.453. The van der Waals surface area contributed by atoms with Crippen molar-refractivity contribution in [2.45, 2.75) is 6.61 Å². The van der Waals surface area contributed by atoms with E-state index in [0.29, 0.717) is 23.9 Å². The molecular formula is C24H21NO3. The standard InChI is InChI=1S/C24H21NO3/c1-26-21-15-20(28-16-17-9-5-3-6-10-17)22-19(24(21)27-2)13-14-25-23(22)18-11-7-4-8-12-18/h3-15H,16H2,1-2H3. The third kappa shape index (κ3) is 3.37. The van der Waals surface area contributed by atoms with Gasteiger partial charge in [-0.05, 0) is 11.6 Å². The largest absolute Gasteiger partial charge is 0.493 e. The quantitative estimate of drug-likeness (QED) is 0.449. The summed E-state index contributed by atoms with van der Waals surface area (Å²) in [6, 6.07) is 24.0. The molecule has 0 aliphatic carbocycles. The fraction of sp³-hybridized carbons (Fsp3) is 0.125. The Hall–Kier alpha value is -3.53. The molecule has 0 spiro atoms. The van der Waals surface area contributed by atoms with Crippen LogP contribution in [0.5, 0.6) is 17.2 Å². The Bertz CT molecular complexity index is 1080. The molecule has 0 amide bonds. The van der Waals surface area contributed by atoms with Crippen LogP contribution in [0.25, 0.3) is 22.0 Å². The van der Waals surface area contributed by atoms with Gasteiger partial charge in [0, 0.05) is 23.2 Å². The fourth-order valence-electron chi connectivity index (χ4n) is 3.32. The molecule has 0 aliphatic heterocycles. The lowest BCUT2D eigenvalue weighted by atomic mass is 10.0. The third-order valence-corrected chi connectivity index (χ3v) is 4.64. The van der Waals surface area contributed by atoms with Crippen molar-refractivity contribution in [2.75, 3.05) is 14.2 Å². The van der Waals surface area contributed by atoms with E-state index in [9.17, 15) is 0 Å². The summed E-state index contributed by atoms with van der Waals surface area (Å²) in [4.78, 5) is 4.65.